The Morgan fingerprint density at radius 1 is 1.35 bits per heavy atom. The van der Waals surface area contributed by atoms with Gasteiger partial charge in [-0.1, -0.05) is 0 Å². The summed E-state index contributed by atoms with van der Waals surface area (Å²) in [5.74, 6) is 0.667. The quantitative estimate of drug-likeness (QED) is 0.816. The normalized spacial score (nSPS) is 20.1. The van der Waals surface area contributed by atoms with Crippen LogP contribution in [0.5, 0.6) is 0 Å². The Labute approximate surface area is 133 Å². The van der Waals surface area contributed by atoms with Gasteiger partial charge in [0.05, 0.1) is 6.54 Å². The molecule has 0 aromatic carbocycles. The largest absolute Gasteiger partial charge is 0.415 e. The fourth-order valence-corrected chi connectivity index (χ4v) is 2.91. The summed E-state index contributed by atoms with van der Waals surface area (Å²) in [6.45, 7) is 3.13. The second kappa shape index (κ2) is 5.73. The first-order chi connectivity index (χ1) is 10.9. The maximum Gasteiger partial charge on any atom is 0.311 e. The number of rotatable bonds is 3. The Kier molecular flexibility index (Phi) is 3.88. The number of amides is 2. The third-order valence-electron chi connectivity index (χ3n) is 4.08. The Morgan fingerprint density at radius 3 is 2.61 bits per heavy atom. The summed E-state index contributed by atoms with van der Waals surface area (Å²) in [5, 5.41) is 10.4. The number of aliphatic imine (C=N–C) groups is 1. The van der Waals surface area contributed by atoms with E-state index in [0.717, 1.165) is 0 Å². The standard InChI is InChI=1S/C14H20N6O3/c1-9-15-13(22)14(16-9)4-6-20(7-5-14)12(21)11-18-17-10(23-11)8-19(2)3/h4-8H2,1-3H3,(H,15,16,22). The highest BCUT2D eigenvalue weighted by Gasteiger charge is 2.46. The first kappa shape index (κ1) is 15.6. The molecule has 1 aromatic rings. The Balaban J connectivity index is 1.64. The number of amidine groups is 1. The van der Waals surface area contributed by atoms with Crippen LogP contribution in [0.4, 0.5) is 0 Å². The Bertz CT molecular complexity index is 657. The van der Waals surface area contributed by atoms with Crippen LogP contribution in [0.15, 0.2) is 9.41 Å². The third-order valence-corrected chi connectivity index (χ3v) is 4.08. The molecule has 2 amide bonds. The zero-order chi connectivity index (χ0) is 16.6. The summed E-state index contributed by atoms with van der Waals surface area (Å²) >= 11 is 0. The van der Waals surface area contributed by atoms with Crippen molar-refractivity contribution in [3.05, 3.63) is 11.8 Å². The van der Waals surface area contributed by atoms with E-state index < -0.39 is 5.54 Å². The van der Waals surface area contributed by atoms with Crippen LogP contribution in [0.25, 0.3) is 0 Å². The molecule has 3 rings (SSSR count). The van der Waals surface area contributed by atoms with E-state index in [-0.39, 0.29) is 17.7 Å². The van der Waals surface area contributed by atoms with Crippen molar-refractivity contribution in [2.24, 2.45) is 4.99 Å². The van der Waals surface area contributed by atoms with Gasteiger partial charge in [0.2, 0.25) is 5.89 Å². The van der Waals surface area contributed by atoms with Gasteiger partial charge in [-0.3, -0.25) is 14.6 Å². The number of carbonyl (C=O) groups excluding carboxylic acids is 2. The van der Waals surface area contributed by atoms with Gasteiger partial charge in [-0.25, -0.2) is 0 Å². The minimum atomic E-state index is -0.716. The van der Waals surface area contributed by atoms with Crippen LogP contribution in [-0.2, 0) is 11.3 Å². The van der Waals surface area contributed by atoms with E-state index in [0.29, 0.717) is 44.2 Å². The van der Waals surface area contributed by atoms with Crippen LogP contribution < -0.4 is 5.32 Å². The van der Waals surface area contributed by atoms with Crippen LogP contribution >= 0.6 is 0 Å². The van der Waals surface area contributed by atoms with E-state index in [2.05, 4.69) is 20.5 Å². The van der Waals surface area contributed by atoms with Crippen molar-refractivity contribution >= 4 is 17.6 Å². The smallest absolute Gasteiger partial charge is 0.311 e. The molecule has 0 radical (unpaired) electrons. The zero-order valence-corrected chi connectivity index (χ0v) is 13.5. The maximum absolute atomic E-state index is 12.4. The molecule has 9 nitrogen and oxygen atoms in total. The molecule has 1 fully saturated rings. The molecule has 9 heteroatoms. The van der Waals surface area contributed by atoms with E-state index in [4.69, 9.17) is 4.42 Å². The van der Waals surface area contributed by atoms with Gasteiger partial charge in [0.1, 0.15) is 11.4 Å². The molecule has 0 atom stereocenters. The van der Waals surface area contributed by atoms with Crippen LogP contribution in [0.1, 0.15) is 36.3 Å². The minimum Gasteiger partial charge on any atom is -0.415 e. The molecule has 1 aromatic heterocycles. The molecular formula is C14H20N6O3. The molecule has 124 valence electrons. The Hall–Kier alpha value is -2.29. The molecule has 23 heavy (non-hydrogen) atoms. The van der Waals surface area contributed by atoms with Crippen molar-refractivity contribution in [3.8, 4) is 0 Å². The van der Waals surface area contributed by atoms with Crippen molar-refractivity contribution in [2.75, 3.05) is 27.2 Å². The number of carbonyl (C=O) groups is 2. The molecule has 0 bridgehead atoms. The summed E-state index contributed by atoms with van der Waals surface area (Å²) < 4.78 is 5.40. The minimum absolute atomic E-state index is 0.00615. The van der Waals surface area contributed by atoms with Gasteiger partial charge in [-0.15, -0.1) is 10.2 Å². The molecule has 1 spiro atoms. The molecule has 0 aliphatic carbocycles. The number of likely N-dealkylation sites (tertiary alicyclic amines) is 1. The van der Waals surface area contributed by atoms with Crippen LogP contribution in [0.3, 0.4) is 0 Å². The molecule has 1 N–H and O–H groups in total. The van der Waals surface area contributed by atoms with Gasteiger partial charge in [0.15, 0.2) is 0 Å². The van der Waals surface area contributed by atoms with Gasteiger partial charge < -0.3 is 19.5 Å². The second-order valence-corrected chi connectivity index (χ2v) is 6.21. The molecule has 3 heterocycles. The molecule has 0 saturated carbocycles. The average Bonchev–Trinajstić information content (AvgIpc) is 3.04. The fourth-order valence-electron chi connectivity index (χ4n) is 2.91. The Morgan fingerprint density at radius 2 is 2.04 bits per heavy atom. The number of piperidine rings is 1. The van der Waals surface area contributed by atoms with E-state index in [1.54, 1.807) is 11.8 Å². The van der Waals surface area contributed by atoms with Crippen LogP contribution in [0.2, 0.25) is 0 Å². The highest BCUT2D eigenvalue weighted by atomic mass is 16.4. The van der Waals surface area contributed by atoms with Gasteiger partial charge in [0, 0.05) is 13.1 Å². The van der Waals surface area contributed by atoms with Crippen LogP contribution in [-0.4, -0.2) is 70.4 Å². The van der Waals surface area contributed by atoms with Gasteiger partial charge in [0.25, 0.3) is 5.91 Å². The summed E-state index contributed by atoms with van der Waals surface area (Å²) in [5.41, 5.74) is -0.716. The van der Waals surface area contributed by atoms with Crippen LogP contribution in [0, 0.1) is 0 Å². The third kappa shape index (κ3) is 2.96. The van der Waals surface area contributed by atoms with E-state index >= 15 is 0 Å². The van der Waals surface area contributed by atoms with E-state index in [9.17, 15) is 9.59 Å². The SMILES string of the molecule is CC1=NC2(CCN(C(=O)c3nnc(CN(C)C)o3)CC2)C(=O)N1. The number of aromatic nitrogens is 2. The number of nitrogens with zero attached hydrogens (tertiary/aromatic N) is 5. The van der Waals surface area contributed by atoms with Crippen molar-refractivity contribution in [1.29, 1.82) is 0 Å². The second-order valence-electron chi connectivity index (χ2n) is 6.21. The predicted octanol–water partition coefficient (Wildman–Crippen LogP) is -0.346. The predicted molar refractivity (Wildman–Crippen MR) is 80.8 cm³/mol. The summed E-state index contributed by atoms with van der Waals surface area (Å²) in [4.78, 5) is 32.4. The number of hydrogen-bond acceptors (Lipinski definition) is 7. The van der Waals surface area contributed by atoms with E-state index in [1.807, 2.05) is 19.0 Å². The maximum atomic E-state index is 12.4. The first-order valence-corrected chi connectivity index (χ1v) is 7.54. The lowest BCUT2D eigenvalue weighted by Crippen LogP contribution is -2.50. The van der Waals surface area contributed by atoms with Crippen molar-refractivity contribution in [2.45, 2.75) is 31.8 Å². The molecule has 1 saturated heterocycles. The topological polar surface area (TPSA) is 104 Å². The van der Waals surface area contributed by atoms with E-state index in [1.165, 1.54) is 0 Å². The molecule has 0 unspecified atom stereocenters. The molecule has 2 aliphatic rings. The average molecular weight is 320 g/mol. The highest BCUT2D eigenvalue weighted by molar-refractivity contribution is 6.07. The molecular weight excluding hydrogens is 300 g/mol. The summed E-state index contributed by atoms with van der Waals surface area (Å²) in [7, 11) is 3.76. The molecule has 2 aliphatic heterocycles. The monoisotopic (exact) mass is 320 g/mol. The lowest BCUT2D eigenvalue weighted by Gasteiger charge is -2.34. The number of hydrogen-bond donors (Lipinski definition) is 1. The summed E-state index contributed by atoms with van der Waals surface area (Å²) in [6.07, 6.45) is 1.00. The van der Waals surface area contributed by atoms with Crippen molar-refractivity contribution in [3.63, 3.8) is 0 Å². The zero-order valence-electron chi connectivity index (χ0n) is 13.5. The van der Waals surface area contributed by atoms with Crippen molar-refractivity contribution < 1.29 is 14.0 Å². The summed E-state index contributed by atoms with van der Waals surface area (Å²) in [6, 6.07) is 0. The van der Waals surface area contributed by atoms with Gasteiger partial charge in [-0.05, 0) is 33.9 Å². The van der Waals surface area contributed by atoms with Gasteiger partial charge >= 0.3 is 11.8 Å². The highest BCUT2D eigenvalue weighted by Crippen LogP contribution is 2.30. The first-order valence-electron chi connectivity index (χ1n) is 7.54. The lowest BCUT2D eigenvalue weighted by molar-refractivity contribution is -0.125. The lowest BCUT2D eigenvalue weighted by atomic mass is 9.88. The number of nitrogens with one attached hydrogen (secondary N) is 1. The fraction of sp³-hybridized carbons (Fsp3) is 0.643. The van der Waals surface area contributed by atoms with Gasteiger partial charge in [-0.2, -0.15) is 0 Å². The van der Waals surface area contributed by atoms with Crippen molar-refractivity contribution in [1.82, 2.24) is 25.3 Å².